The molecule has 22 heavy (non-hydrogen) atoms. The quantitative estimate of drug-likeness (QED) is 0.879. The Morgan fingerprint density at radius 2 is 1.95 bits per heavy atom. The smallest absolute Gasteiger partial charge is 0.160 e. The van der Waals surface area contributed by atoms with E-state index < -0.39 is 0 Å². The van der Waals surface area contributed by atoms with E-state index in [9.17, 15) is 0 Å². The lowest BCUT2D eigenvalue weighted by molar-refractivity contribution is -0.106. The topological polar surface area (TPSA) is 37.5 Å². The minimum Gasteiger partial charge on any atom is -0.357 e. The van der Waals surface area contributed by atoms with Gasteiger partial charge in [-0.25, -0.2) is 0 Å². The summed E-state index contributed by atoms with van der Waals surface area (Å²) in [4.78, 5) is 6.35. The van der Waals surface area contributed by atoms with Crippen molar-refractivity contribution in [3.05, 3.63) is 35.5 Å². The van der Waals surface area contributed by atoms with Gasteiger partial charge < -0.3 is 14.5 Å². The van der Waals surface area contributed by atoms with E-state index in [-0.39, 0.29) is 6.29 Å². The molecule has 2 aromatic rings. The Labute approximate surface area is 130 Å². The molecule has 1 aromatic carbocycles. The third-order valence-corrected chi connectivity index (χ3v) is 5.62. The van der Waals surface area contributed by atoms with Crippen LogP contribution in [0.3, 0.4) is 0 Å². The van der Waals surface area contributed by atoms with Crippen LogP contribution in [0.1, 0.15) is 30.1 Å². The van der Waals surface area contributed by atoms with Crippen LogP contribution in [0.25, 0.3) is 10.9 Å². The molecule has 3 aliphatic rings. The number of hydrogen-bond donors (Lipinski definition) is 1. The van der Waals surface area contributed by atoms with Crippen LogP contribution in [0.15, 0.2) is 24.3 Å². The number of hydrogen-bond acceptors (Lipinski definition) is 3. The molecule has 0 saturated carbocycles. The molecular formula is C18H22N2O2. The monoisotopic (exact) mass is 298 g/mol. The fourth-order valence-electron chi connectivity index (χ4n) is 4.54. The van der Waals surface area contributed by atoms with Gasteiger partial charge in [-0.15, -0.1) is 0 Å². The van der Waals surface area contributed by atoms with Gasteiger partial charge in [0.2, 0.25) is 0 Å². The summed E-state index contributed by atoms with van der Waals surface area (Å²) >= 11 is 0. The number of nitrogens with zero attached hydrogens (tertiary/aromatic N) is 1. The summed E-state index contributed by atoms with van der Waals surface area (Å²) in [5.74, 6) is 0.529. The fourth-order valence-corrected chi connectivity index (χ4v) is 4.54. The molecule has 4 heterocycles. The molecule has 0 spiro atoms. The average molecular weight is 298 g/mol. The van der Waals surface area contributed by atoms with Gasteiger partial charge in [0, 0.05) is 29.1 Å². The number of rotatable bonds is 1. The van der Waals surface area contributed by atoms with Crippen LogP contribution < -0.4 is 0 Å². The van der Waals surface area contributed by atoms with E-state index in [1.54, 1.807) is 0 Å². The van der Waals surface area contributed by atoms with Gasteiger partial charge in [-0.1, -0.05) is 18.2 Å². The summed E-state index contributed by atoms with van der Waals surface area (Å²) in [6, 6.07) is 9.21. The highest BCUT2D eigenvalue weighted by Gasteiger charge is 2.39. The second-order valence-electron chi connectivity index (χ2n) is 6.76. The number of H-pyrrole nitrogens is 1. The predicted octanol–water partition coefficient (Wildman–Crippen LogP) is 2.85. The Balaban J connectivity index is 1.50. The molecule has 1 aromatic heterocycles. The van der Waals surface area contributed by atoms with Crippen molar-refractivity contribution in [2.75, 3.05) is 26.3 Å². The van der Waals surface area contributed by atoms with Crippen molar-refractivity contribution in [3.63, 3.8) is 0 Å². The standard InChI is InChI=1S/C18H22N2O2/c1-2-4-15-13(3-1)14-6-8-20-7-5-12(18-21-9-10-22-18)11-16(20)17(14)19-15/h1-4,12,16,18-19H,5-11H2/t12-,16+/m1/s1. The van der Waals surface area contributed by atoms with Gasteiger partial charge in [0.15, 0.2) is 6.29 Å². The molecule has 0 unspecified atom stereocenters. The molecule has 0 aliphatic carbocycles. The molecule has 3 aliphatic heterocycles. The van der Waals surface area contributed by atoms with Crippen LogP contribution in [0, 0.1) is 5.92 Å². The number of fused-ring (bicyclic) bond motifs is 5. The van der Waals surface area contributed by atoms with Gasteiger partial charge in [-0.05, 0) is 37.4 Å². The minimum absolute atomic E-state index is 0.0249. The second kappa shape index (κ2) is 5.08. The number of para-hydroxylation sites is 1. The number of nitrogens with one attached hydrogen (secondary N) is 1. The zero-order chi connectivity index (χ0) is 14.5. The molecular weight excluding hydrogens is 276 g/mol. The van der Waals surface area contributed by atoms with Crippen molar-refractivity contribution in [2.45, 2.75) is 31.6 Å². The maximum absolute atomic E-state index is 5.77. The molecule has 0 radical (unpaired) electrons. The van der Waals surface area contributed by atoms with Gasteiger partial charge in [0.25, 0.3) is 0 Å². The van der Waals surface area contributed by atoms with Crippen molar-refractivity contribution in [1.29, 1.82) is 0 Å². The van der Waals surface area contributed by atoms with Crippen LogP contribution in [-0.2, 0) is 15.9 Å². The zero-order valence-corrected chi connectivity index (χ0v) is 12.8. The van der Waals surface area contributed by atoms with Gasteiger partial charge in [0.05, 0.1) is 19.3 Å². The highest BCUT2D eigenvalue weighted by molar-refractivity contribution is 5.85. The zero-order valence-electron chi connectivity index (χ0n) is 12.8. The first-order chi connectivity index (χ1) is 10.9. The van der Waals surface area contributed by atoms with Gasteiger partial charge in [-0.3, -0.25) is 4.90 Å². The molecule has 2 fully saturated rings. The lowest BCUT2D eigenvalue weighted by atomic mass is 9.84. The normalized spacial score (nSPS) is 29.6. The lowest BCUT2D eigenvalue weighted by Crippen LogP contribution is -2.43. The van der Waals surface area contributed by atoms with E-state index in [1.807, 2.05) is 0 Å². The SMILES string of the molecule is c1ccc2c3c([nH]c2c1)[C@@H]1C[C@H](C2OCCO2)CCN1CC3. The highest BCUT2D eigenvalue weighted by Crippen LogP contribution is 2.42. The van der Waals surface area contributed by atoms with Crippen molar-refractivity contribution >= 4 is 10.9 Å². The molecule has 2 saturated heterocycles. The van der Waals surface area contributed by atoms with Crippen molar-refractivity contribution in [1.82, 2.24) is 9.88 Å². The first kappa shape index (κ1) is 13.1. The maximum Gasteiger partial charge on any atom is 0.160 e. The predicted molar refractivity (Wildman–Crippen MR) is 84.7 cm³/mol. The summed E-state index contributed by atoms with van der Waals surface area (Å²) in [5.41, 5.74) is 4.26. The molecule has 4 nitrogen and oxygen atoms in total. The fraction of sp³-hybridized carbons (Fsp3) is 0.556. The van der Waals surface area contributed by atoms with Crippen molar-refractivity contribution in [2.24, 2.45) is 5.92 Å². The van der Waals surface area contributed by atoms with E-state index in [2.05, 4.69) is 34.1 Å². The number of benzene rings is 1. The first-order valence-corrected chi connectivity index (χ1v) is 8.47. The van der Waals surface area contributed by atoms with E-state index in [4.69, 9.17) is 9.47 Å². The minimum atomic E-state index is 0.0249. The molecule has 1 N–H and O–H groups in total. The van der Waals surface area contributed by atoms with E-state index in [1.165, 1.54) is 35.1 Å². The average Bonchev–Trinajstić information content (AvgIpc) is 3.22. The van der Waals surface area contributed by atoms with Crippen molar-refractivity contribution in [3.8, 4) is 0 Å². The lowest BCUT2D eigenvalue weighted by Gasteiger charge is -2.43. The van der Waals surface area contributed by atoms with Gasteiger partial charge in [-0.2, -0.15) is 0 Å². The van der Waals surface area contributed by atoms with Gasteiger partial charge >= 0.3 is 0 Å². The van der Waals surface area contributed by atoms with E-state index in [0.717, 1.165) is 32.6 Å². The Bertz CT molecular complexity index is 689. The molecule has 5 rings (SSSR count). The summed E-state index contributed by atoms with van der Waals surface area (Å²) < 4.78 is 11.5. The second-order valence-corrected chi connectivity index (χ2v) is 6.76. The molecule has 4 heteroatoms. The molecule has 2 atom stereocenters. The number of aromatic nitrogens is 1. The summed E-state index contributed by atoms with van der Waals surface area (Å²) in [6.07, 6.45) is 3.52. The molecule has 0 bridgehead atoms. The number of aromatic amines is 1. The third kappa shape index (κ3) is 1.94. The summed E-state index contributed by atoms with van der Waals surface area (Å²) in [6.45, 7) is 3.85. The van der Waals surface area contributed by atoms with Crippen LogP contribution in [0.4, 0.5) is 0 Å². The summed E-state index contributed by atoms with van der Waals surface area (Å²) in [5, 5.41) is 1.41. The van der Waals surface area contributed by atoms with Crippen LogP contribution in [-0.4, -0.2) is 42.5 Å². The Morgan fingerprint density at radius 3 is 2.86 bits per heavy atom. The van der Waals surface area contributed by atoms with Gasteiger partial charge in [0.1, 0.15) is 0 Å². The Kier molecular flexibility index (Phi) is 3.03. The molecule has 0 amide bonds. The van der Waals surface area contributed by atoms with Crippen molar-refractivity contribution < 1.29 is 9.47 Å². The summed E-state index contributed by atoms with van der Waals surface area (Å²) in [7, 11) is 0. The molecule has 116 valence electrons. The Morgan fingerprint density at radius 1 is 1.09 bits per heavy atom. The Hall–Kier alpha value is -1.36. The maximum atomic E-state index is 5.77. The van der Waals surface area contributed by atoms with E-state index >= 15 is 0 Å². The number of ether oxygens (including phenoxy) is 2. The number of piperidine rings is 1. The highest BCUT2D eigenvalue weighted by atomic mass is 16.7. The van der Waals surface area contributed by atoms with Crippen LogP contribution in [0.5, 0.6) is 0 Å². The third-order valence-electron chi connectivity index (χ3n) is 5.62. The first-order valence-electron chi connectivity index (χ1n) is 8.47. The largest absolute Gasteiger partial charge is 0.357 e. The van der Waals surface area contributed by atoms with Crippen LogP contribution >= 0.6 is 0 Å². The van der Waals surface area contributed by atoms with E-state index in [0.29, 0.717) is 12.0 Å². The van der Waals surface area contributed by atoms with Crippen LogP contribution in [0.2, 0.25) is 0 Å².